The van der Waals surface area contributed by atoms with Crippen LogP contribution in [-0.2, 0) is 4.79 Å². The predicted octanol–water partition coefficient (Wildman–Crippen LogP) is 0.162. The largest absolute Gasteiger partial charge is 0.355 e. The molecule has 0 radical (unpaired) electrons. The summed E-state index contributed by atoms with van der Waals surface area (Å²) in [5.74, 6) is 0.673. The van der Waals surface area contributed by atoms with Gasteiger partial charge in [-0.1, -0.05) is 0 Å². The van der Waals surface area contributed by atoms with Crippen molar-refractivity contribution in [2.45, 2.75) is 44.7 Å². The van der Waals surface area contributed by atoms with Gasteiger partial charge in [0, 0.05) is 56.6 Å². The molecular formula is C20H32N8O. The number of aryl methyl sites for hydroxylation is 1. The highest BCUT2D eigenvalue weighted by atomic mass is 16.2. The molecule has 0 bridgehead atoms. The van der Waals surface area contributed by atoms with Gasteiger partial charge in [-0.15, -0.1) is 0 Å². The van der Waals surface area contributed by atoms with Crippen LogP contribution in [0.5, 0.6) is 0 Å². The number of hydrogen-bond donors (Lipinski definition) is 3. The normalized spacial score (nSPS) is 22.8. The van der Waals surface area contributed by atoms with Crippen LogP contribution in [0.3, 0.4) is 0 Å². The average molecular weight is 401 g/mol. The predicted molar refractivity (Wildman–Crippen MR) is 112 cm³/mol. The maximum Gasteiger partial charge on any atom is 0.228 e. The van der Waals surface area contributed by atoms with Crippen molar-refractivity contribution in [1.82, 2.24) is 19.5 Å². The molecule has 2 fully saturated rings. The van der Waals surface area contributed by atoms with Gasteiger partial charge in [0.15, 0.2) is 5.65 Å². The third kappa shape index (κ3) is 3.82. The van der Waals surface area contributed by atoms with Gasteiger partial charge in [0.1, 0.15) is 5.82 Å². The van der Waals surface area contributed by atoms with Crippen molar-refractivity contribution in [2.24, 2.45) is 23.1 Å². The number of fused-ring (bicyclic) bond motifs is 1. The van der Waals surface area contributed by atoms with Crippen molar-refractivity contribution in [3.63, 3.8) is 0 Å². The number of anilines is 1. The van der Waals surface area contributed by atoms with Gasteiger partial charge >= 0.3 is 0 Å². The number of hydrogen-bond acceptors (Lipinski definition) is 7. The van der Waals surface area contributed by atoms with E-state index in [2.05, 4.69) is 11.8 Å². The second-order valence-corrected chi connectivity index (χ2v) is 8.33. The van der Waals surface area contributed by atoms with Gasteiger partial charge in [0.25, 0.3) is 0 Å². The van der Waals surface area contributed by atoms with E-state index in [1.807, 2.05) is 21.7 Å². The monoisotopic (exact) mass is 400 g/mol. The van der Waals surface area contributed by atoms with Crippen LogP contribution in [0.2, 0.25) is 0 Å². The standard InChI is InChI=1S/C20H32N8O/c1-13-11-28-18(24-19(13)26-7-5-15(23)12-26)8-16(25-28)17-4-2-3-6-27(17)20(29)14(9-21)10-22/h8,11,14-15,17H,2-7,9-10,12,21-23H2,1H3/t15-,17-/m0/s1. The van der Waals surface area contributed by atoms with Crippen LogP contribution >= 0.6 is 0 Å². The molecule has 2 aliphatic heterocycles. The Bertz CT molecular complexity index is 877. The summed E-state index contributed by atoms with van der Waals surface area (Å²) in [5, 5.41) is 4.78. The molecule has 0 aromatic carbocycles. The number of piperidine rings is 1. The molecule has 158 valence electrons. The summed E-state index contributed by atoms with van der Waals surface area (Å²) in [7, 11) is 0. The van der Waals surface area contributed by atoms with E-state index in [9.17, 15) is 4.79 Å². The highest BCUT2D eigenvalue weighted by Gasteiger charge is 2.33. The Balaban J connectivity index is 1.64. The minimum Gasteiger partial charge on any atom is -0.355 e. The quantitative estimate of drug-likeness (QED) is 0.651. The van der Waals surface area contributed by atoms with Gasteiger partial charge in [-0.05, 0) is 32.6 Å². The van der Waals surface area contributed by atoms with E-state index in [4.69, 9.17) is 27.3 Å². The summed E-state index contributed by atoms with van der Waals surface area (Å²) in [6.07, 6.45) is 5.96. The van der Waals surface area contributed by atoms with E-state index in [0.29, 0.717) is 0 Å². The van der Waals surface area contributed by atoms with E-state index in [0.717, 1.165) is 68.0 Å². The van der Waals surface area contributed by atoms with Crippen LogP contribution < -0.4 is 22.1 Å². The van der Waals surface area contributed by atoms with Gasteiger partial charge in [0.2, 0.25) is 5.91 Å². The number of aromatic nitrogens is 3. The van der Waals surface area contributed by atoms with E-state index in [1.165, 1.54) is 0 Å². The molecule has 0 spiro atoms. The lowest BCUT2D eigenvalue weighted by Crippen LogP contribution is -2.46. The lowest BCUT2D eigenvalue weighted by atomic mass is 9.97. The third-order valence-corrected chi connectivity index (χ3v) is 6.19. The Morgan fingerprint density at radius 3 is 2.72 bits per heavy atom. The number of amides is 1. The SMILES string of the molecule is Cc1cn2nc([C@@H]3CCCCN3C(=O)C(CN)CN)cc2nc1N1CC[C@H](N)C1. The first-order valence-corrected chi connectivity index (χ1v) is 10.6. The van der Waals surface area contributed by atoms with Crippen molar-refractivity contribution < 1.29 is 4.79 Å². The van der Waals surface area contributed by atoms with Crippen LogP contribution in [0.4, 0.5) is 5.82 Å². The van der Waals surface area contributed by atoms with Gasteiger partial charge in [-0.3, -0.25) is 4.79 Å². The lowest BCUT2D eigenvalue weighted by Gasteiger charge is -2.36. The summed E-state index contributed by atoms with van der Waals surface area (Å²) in [6, 6.07) is 2.16. The smallest absolute Gasteiger partial charge is 0.228 e. The maximum absolute atomic E-state index is 13.0. The second kappa shape index (κ2) is 8.25. The van der Waals surface area contributed by atoms with E-state index < -0.39 is 0 Å². The molecule has 9 nitrogen and oxygen atoms in total. The molecule has 9 heteroatoms. The Morgan fingerprint density at radius 1 is 1.24 bits per heavy atom. The highest BCUT2D eigenvalue weighted by Crippen LogP contribution is 2.32. The lowest BCUT2D eigenvalue weighted by molar-refractivity contribution is -0.139. The van der Waals surface area contributed by atoms with Crippen LogP contribution in [0.25, 0.3) is 5.65 Å². The fourth-order valence-electron chi connectivity index (χ4n) is 4.52. The number of carbonyl (C=O) groups is 1. The second-order valence-electron chi connectivity index (χ2n) is 8.33. The first kappa shape index (κ1) is 20.1. The van der Waals surface area contributed by atoms with Crippen LogP contribution in [0.1, 0.15) is 43.0 Å². The minimum absolute atomic E-state index is 0.0349. The maximum atomic E-state index is 13.0. The molecule has 2 aromatic rings. The van der Waals surface area contributed by atoms with Crippen molar-refractivity contribution in [3.8, 4) is 0 Å². The average Bonchev–Trinajstić information content (AvgIpc) is 3.33. The molecule has 2 saturated heterocycles. The van der Waals surface area contributed by atoms with Crippen LogP contribution in [0, 0.1) is 12.8 Å². The number of likely N-dealkylation sites (tertiary alicyclic amines) is 1. The summed E-state index contributed by atoms with van der Waals surface area (Å²) in [6.45, 7) is 5.07. The van der Waals surface area contributed by atoms with Crippen molar-refractivity contribution in [1.29, 1.82) is 0 Å². The first-order valence-electron chi connectivity index (χ1n) is 10.6. The number of rotatable bonds is 5. The molecular weight excluding hydrogens is 368 g/mol. The van der Waals surface area contributed by atoms with Gasteiger partial charge in [-0.2, -0.15) is 5.10 Å². The Morgan fingerprint density at radius 2 is 2.03 bits per heavy atom. The molecule has 2 aliphatic rings. The van der Waals surface area contributed by atoms with Crippen molar-refractivity contribution in [2.75, 3.05) is 37.6 Å². The van der Waals surface area contributed by atoms with E-state index in [1.54, 1.807) is 0 Å². The zero-order valence-corrected chi connectivity index (χ0v) is 17.1. The molecule has 0 saturated carbocycles. The fourth-order valence-corrected chi connectivity index (χ4v) is 4.52. The zero-order valence-electron chi connectivity index (χ0n) is 17.1. The molecule has 0 unspecified atom stereocenters. The fraction of sp³-hybridized carbons (Fsp3) is 0.650. The number of carbonyl (C=O) groups excluding carboxylic acids is 1. The topological polar surface area (TPSA) is 132 Å². The molecule has 6 N–H and O–H groups in total. The molecule has 29 heavy (non-hydrogen) atoms. The minimum atomic E-state index is -0.334. The van der Waals surface area contributed by atoms with Crippen molar-refractivity contribution in [3.05, 3.63) is 23.5 Å². The zero-order chi connectivity index (χ0) is 20.5. The van der Waals surface area contributed by atoms with Gasteiger partial charge in [-0.25, -0.2) is 9.50 Å². The van der Waals surface area contributed by atoms with Gasteiger partial charge in [0.05, 0.1) is 17.7 Å². The van der Waals surface area contributed by atoms with Crippen molar-refractivity contribution >= 4 is 17.4 Å². The summed E-state index contributed by atoms with van der Waals surface area (Å²) < 4.78 is 1.82. The Labute approximate surface area is 171 Å². The van der Waals surface area contributed by atoms with Gasteiger partial charge < -0.3 is 27.0 Å². The highest BCUT2D eigenvalue weighted by molar-refractivity contribution is 5.80. The number of nitrogens with two attached hydrogens (primary N) is 3. The summed E-state index contributed by atoms with van der Waals surface area (Å²) >= 11 is 0. The Hall–Kier alpha value is -2.23. The van der Waals surface area contributed by atoms with E-state index >= 15 is 0 Å². The molecule has 0 aliphatic carbocycles. The first-order chi connectivity index (χ1) is 14.0. The van der Waals surface area contributed by atoms with Crippen LogP contribution in [-0.4, -0.2) is 64.2 Å². The molecule has 4 rings (SSSR count). The molecule has 4 heterocycles. The summed E-state index contributed by atoms with van der Waals surface area (Å²) in [4.78, 5) is 22.0. The molecule has 1 amide bonds. The molecule has 2 aromatic heterocycles. The van der Waals surface area contributed by atoms with E-state index in [-0.39, 0.29) is 37.0 Å². The van der Waals surface area contributed by atoms with Crippen LogP contribution in [0.15, 0.2) is 12.3 Å². The number of nitrogens with zero attached hydrogens (tertiary/aromatic N) is 5. The molecule has 2 atom stereocenters. The summed E-state index contributed by atoms with van der Waals surface area (Å²) in [5.41, 5.74) is 20.4. The third-order valence-electron chi connectivity index (χ3n) is 6.19. The Kier molecular flexibility index (Phi) is 5.71.